The average Bonchev–Trinajstić information content (AvgIpc) is 3.05. The minimum atomic E-state index is -0.00150. The van der Waals surface area contributed by atoms with E-state index in [-0.39, 0.29) is 5.91 Å². The zero-order valence-corrected chi connectivity index (χ0v) is 12.0. The molecule has 2 heterocycles. The lowest BCUT2D eigenvalue weighted by Gasteiger charge is -2.17. The van der Waals surface area contributed by atoms with Crippen LogP contribution in [0.1, 0.15) is 28.3 Å². The standard InChI is InChI=1S/C17H18N2O2/c1-21-16-15(8-5-10-18-16)17(20)19-11-9-14(12-19)13-6-3-2-4-7-13/h2-8,10,14H,9,11-12H2,1H3. The first-order chi connectivity index (χ1) is 10.3. The van der Waals surface area contributed by atoms with Crippen molar-refractivity contribution in [3.05, 3.63) is 59.8 Å². The molecule has 4 nitrogen and oxygen atoms in total. The zero-order valence-electron chi connectivity index (χ0n) is 12.0. The van der Waals surface area contributed by atoms with Crippen LogP contribution in [0.5, 0.6) is 5.88 Å². The van der Waals surface area contributed by atoms with E-state index in [2.05, 4.69) is 17.1 Å². The fourth-order valence-electron chi connectivity index (χ4n) is 2.83. The summed E-state index contributed by atoms with van der Waals surface area (Å²) in [6.07, 6.45) is 2.63. The van der Waals surface area contributed by atoms with Gasteiger partial charge in [-0.25, -0.2) is 4.98 Å². The maximum absolute atomic E-state index is 12.6. The van der Waals surface area contributed by atoms with Crippen LogP contribution in [0.2, 0.25) is 0 Å². The third-order valence-electron chi connectivity index (χ3n) is 3.94. The van der Waals surface area contributed by atoms with E-state index in [0.29, 0.717) is 17.4 Å². The summed E-state index contributed by atoms with van der Waals surface area (Å²) in [5, 5.41) is 0. The Morgan fingerprint density at radius 1 is 1.24 bits per heavy atom. The number of ether oxygens (including phenoxy) is 1. The van der Waals surface area contributed by atoms with E-state index in [4.69, 9.17) is 4.74 Å². The summed E-state index contributed by atoms with van der Waals surface area (Å²) in [5.41, 5.74) is 1.83. The van der Waals surface area contributed by atoms with Crippen LogP contribution in [-0.2, 0) is 0 Å². The Balaban J connectivity index is 1.75. The van der Waals surface area contributed by atoms with Crippen molar-refractivity contribution in [3.63, 3.8) is 0 Å². The first-order valence-corrected chi connectivity index (χ1v) is 7.13. The Hall–Kier alpha value is -2.36. The van der Waals surface area contributed by atoms with Gasteiger partial charge < -0.3 is 9.64 Å². The predicted octanol–water partition coefficient (Wildman–Crippen LogP) is 2.72. The number of rotatable bonds is 3. The molecule has 4 heteroatoms. The fourth-order valence-corrected chi connectivity index (χ4v) is 2.83. The highest BCUT2D eigenvalue weighted by Crippen LogP contribution is 2.29. The molecule has 1 aromatic heterocycles. The van der Waals surface area contributed by atoms with Crippen molar-refractivity contribution in [2.24, 2.45) is 0 Å². The molecular weight excluding hydrogens is 264 g/mol. The molecule has 1 fully saturated rings. The molecule has 3 rings (SSSR count). The first kappa shape index (κ1) is 13.6. The van der Waals surface area contributed by atoms with Gasteiger partial charge in [0.25, 0.3) is 5.91 Å². The summed E-state index contributed by atoms with van der Waals surface area (Å²) in [7, 11) is 1.54. The molecule has 1 amide bonds. The lowest BCUT2D eigenvalue weighted by molar-refractivity contribution is 0.0786. The van der Waals surface area contributed by atoms with E-state index < -0.39 is 0 Å². The van der Waals surface area contributed by atoms with Crippen molar-refractivity contribution < 1.29 is 9.53 Å². The van der Waals surface area contributed by atoms with Crippen molar-refractivity contribution in [3.8, 4) is 5.88 Å². The predicted molar refractivity (Wildman–Crippen MR) is 80.5 cm³/mol. The molecule has 1 saturated heterocycles. The second kappa shape index (κ2) is 5.95. The van der Waals surface area contributed by atoms with Crippen LogP contribution in [0.25, 0.3) is 0 Å². The van der Waals surface area contributed by atoms with Gasteiger partial charge in [0, 0.05) is 25.2 Å². The number of amides is 1. The molecule has 0 spiro atoms. The van der Waals surface area contributed by atoms with Crippen LogP contribution < -0.4 is 4.74 Å². The van der Waals surface area contributed by atoms with Gasteiger partial charge in [0.1, 0.15) is 5.56 Å². The number of carbonyl (C=O) groups is 1. The van der Waals surface area contributed by atoms with Crippen LogP contribution in [0.15, 0.2) is 48.7 Å². The minimum Gasteiger partial charge on any atom is -0.480 e. The molecular formula is C17H18N2O2. The maximum Gasteiger partial charge on any atom is 0.259 e. The Morgan fingerprint density at radius 2 is 2.05 bits per heavy atom. The molecule has 0 N–H and O–H groups in total. The highest BCUT2D eigenvalue weighted by atomic mass is 16.5. The maximum atomic E-state index is 12.6. The van der Waals surface area contributed by atoms with Gasteiger partial charge in [0.15, 0.2) is 0 Å². The topological polar surface area (TPSA) is 42.4 Å². The summed E-state index contributed by atoms with van der Waals surface area (Å²) in [4.78, 5) is 18.6. The summed E-state index contributed by atoms with van der Waals surface area (Å²) >= 11 is 0. The van der Waals surface area contributed by atoms with Crippen LogP contribution in [0, 0.1) is 0 Å². The van der Waals surface area contributed by atoms with Crippen molar-refractivity contribution >= 4 is 5.91 Å². The average molecular weight is 282 g/mol. The van der Waals surface area contributed by atoms with Gasteiger partial charge in [-0.3, -0.25) is 4.79 Å². The summed E-state index contributed by atoms with van der Waals surface area (Å²) in [6.45, 7) is 1.53. The van der Waals surface area contributed by atoms with Crippen LogP contribution in [0.3, 0.4) is 0 Å². The Labute approximate surface area is 124 Å². The number of likely N-dealkylation sites (tertiary alicyclic amines) is 1. The third-order valence-corrected chi connectivity index (χ3v) is 3.94. The SMILES string of the molecule is COc1ncccc1C(=O)N1CCC(c2ccccc2)C1. The highest BCUT2D eigenvalue weighted by Gasteiger charge is 2.29. The monoisotopic (exact) mass is 282 g/mol. The van der Waals surface area contributed by atoms with E-state index in [1.807, 2.05) is 23.1 Å². The molecule has 0 saturated carbocycles. The van der Waals surface area contributed by atoms with Crippen molar-refractivity contribution in [1.82, 2.24) is 9.88 Å². The molecule has 1 aliphatic rings. The van der Waals surface area contributed by atoms with Gasteiger partial charge >= 0.3 is 0 Å². The van der Waals surface area contributed by atoms with Gasteiger partial charge in [-0.15, -0.1) is 0 Å². The van der Waals surface area contributed by atoms with E-state index in [9.17, 15) is 4.79 Å². The van der Waals surface area contributed by atoms with Crippen molar-refractivity contribution in [2.45, 2.75) is 12.3 Å². The lowest BCUT2D eigenvalue weighted by Crippen LogP contribution is -2.29. The minimum absolute atomic E-state index is 0.00150. The number of aromatic nitrogens is 1. The second-order valence-corrected chi connectivity index (χ2v) is 5.21. The van der Waals surface area contributed by atoms with E-state index in [0.717, 1.165) is 19.5 Å². The summed E-state index contributed by atoms with van der Waals surface area (Å²) in [5.74, 6) is 0.807. The molecule has 0 bridgehead atoms. The number of hydrogen-bond donors (Lipinski definition) is 0. The molecule has 108 valence electrons. The Morgan fingerprint density at radius 3 is 2.81 bits per heavy atom. The lowest BCUT2D eigenvalue weighted by atomic mass is 9.99. The van der Waals surface area contributed by atoms with Gasteiger partial charge in [-0.1, -0.05) is 30.3 Å². The Kier molecular flexibility index (Phi) is 3.86. The largest absolute Gasteiger partial charge is 0.480 e. The number of nitrogens with zero attached hydrogens (tertiary/aromatic N) is 2. The van der Waals surface area contributed by atoms with Gasteiger partial charge in [0.2, 0.25) is 5.88 Å². The molecule has 2 aromatic rings. The van der Waals surface area contributed by atoms with Gasteiger partial charge in [0.05, 0.1) is 7.11 Å². The summed E-state index contributed by atoms with van der Waals surface area (Å²) in [6, 6.07) is 13.9. The number of methoxy groups -OCH3 is 1. The molecule has 0 aliphatic carbocycles. The fraction of sp³-hybridized carbons (Fsp3) is 0.294. The van der Waals surface area contributed by atoms with Crippen LogP contribution >= 0.6 is 0 Å². The third kappa shape index (κ3) is 2.75. The molecule has 0 radical (unpaired) electrons. The number of hydrogen-bond acceptors (Lipinski definition) is 3. The first-order valence-electron chi connectivity index (χ1n) is 7.13. The second-order valence-electron chi connectivity index (χ2n) is 5.21. The molecule has 21 heavy (non-hydrogen) atoms. The van der Waals surface area contributed by atoms with E-state index in [1.165, 1.54) is 12.7 Å². The van der Waals surface area contributed by atoms with Gasteiger partial charge in [-0.05, 0) is 24.1 Å². The normalized spacial score (nSPS) is 17.8. The van der Waals surface area contributed by atoms with Crippen molar-refractivity contribution in [1.29, 1.82) is 0 Å². The van der Waals surface area contributed by atoms with Gasteiger partial charge in [-0.2, -0.15) is 0 Å². The van der Waals surface area contributed by atoms with Crippen LogP contribution in [-0.4, -0.2) is 36.0 Å². The van der Waals surface area contributed by atoms with Crippen LogP contribution in [0.4, 0.5) is 0 Å². The van der Waals surface area contributed by atoms with Crippen molar-refractivity contribution in [2.75, 3.05) is 20.2 Å². The number of pyridine rings is 1. The number of carbonyl (C=O) groups excluding carboxylic acids is 1. The molecule has 1 atom stereocenters. The molecule has 1 aromatic carbocycles. The summed E-state index contributed by atoms with van der Waals surface area (Å²) < 4.78 is 5.18. The number of benzene rings is 1. The Bertz CT molecular complexity index is 628. The zero-order chi connectivity index (χ0) is 14.7. The smallest absolute Gasteiger partial charge is 0.259 e. The molecule has 1 aliphatic heterocycles. The van der Waals surface area contributed by atoms with E-state index >= 15 is 0 Å². The van der Waals surface area contributed by atoms with E-state index in [1.54, 1.807) is 18.3 Å². The molecule has 1 unspecified atom stereocenters. The highest BCUT2D eigenvalue weighted by molar-refractivity contribution is 5.96. The quantitative estimate of drug-likeness (QED) is 0.869.